The number of benzene rings is 5. The Bertz CT molecular complexity index is 2330. The number of halogens is 4. The van der Waals surface area contributed by atoms with E-state index < -0.39 is 52.3 Å². The Labute approximate surface area is 340 Å². The van der Waals surface area contributed by atoms with Gasteiger partial charge in [0.15, 0.2) is 0 Å². The van der Waals surface area contributed by atoms with E-state index in [0.29, 0.717) is 49.1 Å². The fraction of sp³-hybridized carbons (Fsp3) is 0.190. The van der Waals surface area contributed by atoms with E-state index in [9.17, 15) is 46.9 Å². The minimum atomic E-state index is -0.999. The molecule has 0 atom stereocenters. The average molecular weight is 833 g/mol. The van der Waals surface area contributed by atoms with Gasteiger partial charge in [-0.3, -0.25) is 19.9 Å². The highest BCUT2D eigenvalue weighted by Gasteiger charge is 2.27. The van der Waals surface area contributed by atoms with Gasteiger partial charge in [-0.05, 0) is 71.8 Å². The summed E-state index contributed by atoms with van der Waals surface area (Å²) in [6.07, 6.45) is -0.999. The molecule has 0 unspecified atom stereocenters. The van der Waals surface area contributed by atoms with Crippen LogP contribution in [0.15, 0.2) is 109 Å². The highest BCUT2D eigenvalue weighted by atomic mass is 19.1. The van der Waals surface area contributed by atoms with Gasteiger partial charge in [-0.25, -0.2) is 36.7 Å². The molecule has 1 saturated heterocycles. The van der Waals surface area contributed by atoms with E-state index in [1.807, 2.05) is 0 Å². The number of hydrogen-bond acceptors (Lipinski definition) is 10. The van der Waals surface area contributed by atoms with Gasteiger partial charge < -0.3 is 23.8 Å². The lowest BCUT2D eigenvalue weighted by atomic mass is 10.1. The van der Waals surface area contributed by atoms with Crippen molar-refractivity contribution in [2.45, 2.75) is 13.1 Å². The summed E-state index contributed by atoms with van der Waals surface area (Å²) in [7, 11) is 2.53. The third kappa shape index (κ3) is 11.4. The predicted molar refractivity (Wildman–Crippen MR) is 208 cm³/mol. The zero-order chi connectivity index (χ0) is 43.3. The number of non-ortho nitro benzene ring substituents is 1. The Kier molecular flexibility index (Phi) is 14.9. The third-order valence-corrected chi connectivity index (χ3v) is 8.82. The zero-order valence-corrected chi connectivity index (χ0v) is 32.0. The smallest absolute Gasteiger partial charge is 0.420 e. The minimum Gasteiger partial charge on any atom is -0.465 e. The molecule has 5 aromatic carbocycles. The number of morpholine rings is 1. The van der Waals surface area contributed by atoms with Crippen molar-refractivity contribution in [1.29, 1.82) is 0 Å². The molecule has 1 aliphatic heterocycles. The number of ether oxygens (including phenoxy) is 4. The summed E-state index contributed by atoms with van der Waals surface area (Å²) < 4.78 is 75.3. The Morgan fingerprint density at radius 3 is 1.55 bits per heavy atom. The number of carbonyl (C=O) groups is 4. The van der Waals surface area contributed by atoms with Gasteiger partial charge in [-0.2, -0.15) is 0 Å². The van der Waals surface area contributed by atoms with Crippen LogP contribution >= 0.6 is 0 Å². The first-order chi connectivity index (χ1) is 28.8. The standard InChI is InChI=1S/C22H16F2N2O6.C20H20F2N2O4/c1-31-21(27)15-4-2-14(3-5-15)13-25(20-11-6-16(23)12-19(20)24)22(28)32-18-9-7-17(8-10-18)26(29)30;1-27-19(25)15-4-2-14(3-5-15)13-24(18-7-6-16(21)12-17(18)22)20(26)23-8-10-28-11-9-23/h2-12H,13H2,1H3;2-7,12H,8-11,13H2,1H3. The van der Waals surface area contributed by atoms with E-state index in [0.717, 1.165) is 41.3 Å². The lowest BCUT2D eigenvalue weighted by Gasteiger charge is -2.33. The highest BCUT2D eigenvalue weighted by Crippen LogP contribution is 2.27. The number of hydrogen-bond donors (Lipinski definition) is 0. The number of urea groups is 1. The SMILES string of the molecule is COC(=O)c1ccc(CN(C(=O)N2CCOCC2)c2ccc(F)cc2F)cc1.COC(=O)c1ccc(CN(C(=O)Oc2ccc([N+](=O)[O-])cc2)c2ccc(F)cc2F)cc1. The topological polar surface area (TPSA) is 158 Å². The second-order valence-corrected chi connectivity index (χ2v) is 12.7. The predicted octanol–water partition coefficient (Wildman–Crippen LogP) is 8.08. The van der Waals surface area contributed by atoms with Gasteiger partial charge in [-0.1, -0.05) is 24.3 Å². The van der Waals surface area contributed by atoms with Crippen LogP contribution in [0.4, 0.5) is 44.2 Å². The Morgan fingerprint density at radius 1 is 0.667 bits per heavy atom. The summed E-state index contributed by atoms with van der Waals surface area (Å²) in [5.41, 5.74) is 1.39. The molecule has 0 saturated carbocycles. The Morgan fingerprint density at radius 2 is 1.12 bits per heavy atom. The number of rotatable bonds is 10. The molecule has 1 heterocycles. The molecular weight excluding hydrogens is 796 g/mol. The maximum atomic E-state index is 14.4. The normalized spacial score (nSPS) is 12.0. The van der Waals surface area contributed by atoms with Gasteiger partial charge in [0.2, 0.25) is 0 Å². The van der Waals surface area contributed by atoms with E-state index in [-0.39, 0.29) is 41.5 Å². The minimum absolute atomic E-state index is 0.00541. The molecule has 0 radical (unpaired) electrons. The van der Waals surface area contributed by atoms with Crippen molar-refractivity contribution in [3.8, 4) is 5.75 Å². The molecule has 14 nitrogen and oxygen atoms in total. The van der Waals surface area contributed by atoms with Crippen LogP contribution in [-0.4, -0.2) is 74.4 Å². The van der Waals surface area contributed by atoms with Gasteiger partial charge in [0.25, 0.3) is 5.69 Å². The van der Waals surface area contributed by atoms with Crippen LogP contribution in [0, 0.1) is 33.4 Å². The summed E-state index contributed by atoms with van der Waals surface area (Å²) in [5, 5.41) is 10.8. The van der Waals surface area contributed by atoms with Crippen molar-refractivity contribution >= 4 is 41.1 Å². The number of nitrogens with zero attached hydrogens (tertiary/aromatic N) is 4. The molecule has 0 aliphatic carbocycles. The summed E-state index contributed by atoms with van der Waals surface area (Å²) in [6, 6.07) is 22.6. The van der Waals surface area contributed by atoms with E-state index >= 15 is 0 Å². The molecule has 0 bridgehead atoms. The monoisotopic (exact) mass is 832 g/mol. The van der Waals surface area contributed by atoms with E-state index in [1.165, 1.54) is 49.5 Å². The van der Waals surface area contributed by atoms with Crippen LogP contribution in [-0.2, 0) is 27.3 Å². The summed E-state index contributed by atoms with van der Waals surface area (Å²) in [4.78, 5) is 62.9. The fourth-order valence-corrected chi connectivity index (χ4v) is 5.71. The molecule has 60 heavy (non-hydrogen) atoms. The first kappa shape index (κ1) is 43.8. The zero-order valence-electron chi connectivity index (χ0n) is 32.0. The van der Waals surface area contributed by atoms with Crippen molar-refractivity contribution in [2.75, 3.05) is 50.3 Å². The van der Waals surface area contributed by atoms with Crippen LogP contribution in [0.3, 0.4) is 0 Å². The first-order valence-electron chi connectivity index (χ1n) is 17.9. The van der Waals surface area contributed by atoms with Crippen LogP contribution in [0.1, 0.15) is 31.8 Å². The lowest BCUT2D eigenvalue weighted by Crippen LogP contribution is -2.48. The number of methoxy groups -OCH3 is 2. The molecule has 0 N–H and O–H groups in total. The average Bonchev–Trinajstić information content (AvgIpc) is 3.25. The van der Waals surface area contributed by atoms with Crippen LogP contribution < -0.4 is 14.5 Å². The molecule has 1 aliphatic rings. The number of anilines is 2. The quantitative estimate of drug-likeness (QED) is 0.0583. The van der Waals surface area contributed by atoms with Crippen molar-refractivity contribution in [1.82, 2.24) is 4.90 Å². The molecule has 5 aromatic rings. The third-order valence-electron chi connectivity index (χ3n) is 8.82. The number of esters is 2. The van der Waals surface area contributed by atoms with Crippen LogP contribution in [0.2, 0.25) is 0 Å². The van der Waals surface area contributed by atoms with Crippen molar-refractivity contribution < 1.29 is 60.6 Å². The Balaban J connectivity index is 0.000000230. The molecule has 312 valence electrons. The van der Waals surface area contributed by atoms with E-state index in [4.69, 9.17) is 9.47 Å². The second kappa shape index (κ2) is 20.4. The number of carbonyl (C=O) groups excluding carboxylic acids is 4. The van der Waals surface area contributed by atoms with Crippen molar-refractivity contribution in [3.05, 3.63) is 165 Å². The van der Waals surface area contributed by atoms with Gasteiger partial charge in [0.05, 0.1) is 67.9 Å². The van der Waals surface area contributed by atoms with Crippen LogP contribution in [0.5, 0.6) is 5.75 Å². The first-order valence-corrected chi connectivity index (χ1v) is 17.9. The molecule has 1 fully saturated rings. The summed E-state index contributed by atoms with van der Waals surface area (Å²) >= 11 is 0. The lowest BCUT2D eigenvalue weighted by molar-refractivity contribution is -0.384. The van der Waals surface area contributed by atoms with Gasteiger partial charge in [0, 0.05) is 37.4 Å². The molecular formula is C42H36F4N4O10. The Hall–Kier alpha value is -7.34. The fourth-order valence-electron chi connectivity index (χ4n) is 5.71. The highest BCUT2D eigenvalue weighted by molar-refractivity contribution is 5.93. The molecule has 0 spiro atoms. The number of nitro benzene ring substituents is 1. The molecule has 0 aromatic heterocycles. The molecule has 6 rings (SSSR count). The summed E-state index contributed by atoms with van der Waals surface area (Å²) in [5.74, 6) is -4.38. The molecule has 18 heteroatoms. The van der Waals surface area contributed by atoms with Crippen LogP contribution in [0.25, 0.3) is 0 Å². The molecule has 3 amide bonds. The number of nitro groups is 1. The van der Waals surface area contributed by atoms with E-state index in [2.05, 4.69) is 9.47 Å². The van der Waals surface area contributed by atoms with E-state index in [1.54, 1.807) is 41.3 Å². The van der Waals surface area contributed by atoms with Gasteiger partial charge in [-0.15, -0.1) is 0 Å². The van der Waals surface area contributed by atoms with Crippen molar-refractivity contribution in [2.24, 2.45) is 0 Å². The number of amides is 3. The van der Waals surface area contributed by atoms with Crippen molar-refractivity contribution in [3.63, 3.8) is 0 Å². The van der Waals surface area contributed by atoms with Gasteiger partial charge in [0.1, 0.15) is 29.0 Å². The largest absolute Gasteiger partial charge is 0.465 e. The maximum absolute atomic E-state index is 14.4. The second-order valence-electron chi connectivity index (χ2n) is 12.7. The maximum Gasteiger partial charge on any atom is 0.420 e. The summed E-state index contributed by atoms with van der Waals surface area (Å²) in [6.45, 7) is 1.47. The van der Waals surface area contributed by atoms with Gasteiger partial charge >= 0.3 is 24.1 Å².